The van der Waals surface area contributed by atoms with E-state index in [-0.39, 0.29) is 12.2 Å². The fourth-order valence-electron chi connectivity index (χ4n) is 1.51. The van der Waals surface area contributed by atoms with E-state index in [4.69, 9.17) is 5.11 Å². The number of nitrogens with one attached hydrogen (secondary N) is 1. The Morgan fingerprint density at radius 2 is 2.30 bits per heavy atom. The number of benzene rings is 1. The molecular weight excluding hydrogens is 277 g/mol. The smallest absolute Gasteiger partial charge is 0.254 e. The van der Waals surface area contributed by atoms with Crippen LogP contribution in [0, 0.1) is 17.7 Å². The fourth-order valence-corrected chi connectivity index (χ4v) is 1.94. The Hall–Kier alpha value is -1.51. The van der Waals surface area contributed by atoms with Crippen LogP contribution >= 0.6 is 11.8 Å². The zero-order valence-electron chi connectivity index (χ0n) is 11.4. The Labute approximate surface area is 123 Å². The minimum Gasteiger partial charge on any atom is -0.395 e. The first-order valence-corrected chi connectivity index (χ1v) is 7.75. The fraction of sp³-hybridized carbons (Fsp3) is 0.400. The number of hydrogen-bond donors (Lipinski definition) is 2. The van der Waals surface area contributed by atoms with Gasteiger partial charge >= 0.3 is 0 Å². The molecule has 0 saturated carbocycles. The molecule has 0 radical (unpaired) electrons. The predicted molar refractivity (Wildman–Crippen MR) is 80.3 cm³/mol. The number of hydrogen-bond acceptors (Lipinski definition) is 3. The summed E-state index contributed by atoms with van der Waals surface area (Å²) in [7, 11) is 0. The van der Waals surface area contributed by atoms with E-state index in [0.29, 0.717) is 18.5 Å². The molecule has 0 aromatic heterocycles. The van der Waals surface area contributed by atoms with Gasteiger partial charge < -0.3 is 10.4 Å². The quantitative estimate of drug-likeness (QED) is 0.624. The maximum atomic E-state index is 13.8. The molecule has 1 rings (SSSR count). The normalized spacial score (nSPS) is 9.75. The van der Waals surface area contributed by atoms with Crippen LogP contribution in [0.25, 0.3) is 0 Å². The van der Waals surface area contributed by atoms with Crippen molar-refractivity contribution >= 4 is 17.7 Å². The van der Waals surface area contributed by atoms with E-state index in [1.54, 1.807) is 17.8 Å². The number of thioether (sulfide) groups is 1. The number of aliphatic hydroxyl groups is 1. The number of amides is 1. The lowest BCUT2D eigenvalue weighted by Gasteiger charge is -2.05. The summed E-state index contributed by atoms with van der Waals surface area (Å²) >= 11 is 1.71. The van der Waals surface area contributed by atoms with Gasteiger partial charge in [-0.05, 0) is 36.6 Å². The van der Waals surface area contributed by atoms with Gasteiger partial charge in [-0.25, -0.2) is 4.39 Å². The summed E-state index contributed by atoms with van der Waals surface area (Å²) in [6.07, 6.45) is 3.20. The van der Waals surface area contributed by atoms with Crippen LogP contribution in [-0.4, -0.2) is 36.2 Å². The zero-order chi connectivity index (χ0) is 14.8. The summed E-state index contributed by atoms with van der Waals surface area (Å²) in [5.41, 5.74) is 0.525. The summed E-state index contributed by atoms with van der Waals surface area (Å²) < 4.78 is 13.8. The Balaban J connectivity index is 2.63. The average Bonchev–Trinajstić information content (AvgIpc) is 2.44. The molecule has 0 heterocycles. The molecule has 0 bridgehead atoms. The molecule has 0 unspecified atom stereocenters. The Bertz CT molecular complexity index is 508. The van der Waals surface area contributed by atoms with Crippen LogP contribution in [0.15, 0.2) is 18.2 Å². The predicted octanol–water partition coefficient (Wildman–Crippen LogP) is 2.04. The van der Waals surface area contributed by atoms with E-state index in [2.05, 4.69) is 17.2 Å². The van der Waals surface area contributed by atoms with Crippen molar-refractivity contribution in [3.63, 3.8) is 0 Å². The summed E-state index contributed by atoms with van der Waals surface area (Å²) in [6.45, 7) is 0.517. The maximum Gasteiger partial charge on any atom is 0.254 e. The molecule has 1 aromatic rings. The first-order valence-electron chi connectivity index (χ1n) is 6.35. The van der Waals surface area contributed by atoms with Crippen LogP contribution in [0.4, 0.5) is 4.39 Å². The number of halogens is 1. The molecule has 108 valence electrons. The van der Waals surface area contributed by atoms with Gasteiger partial charge in [0.25, 0.3) is 5.91 Å². The largest absolute Gasteiger partial charge is 0.395 e. The highest BCUT2D eigenvalue weighted by Crippen LogP contribution is 2.10. The standard InChI is InChI=1S/C15H18FNO2S/c1-20-10-4-8-17-15(19)13-7-6-12(11-14(13)16)5-2-3-9-18/h6-7,11,18H,3-4,8-10H2,1H3,(H,17,19). The Kier molecular flexibility index (Phi) is 7.78. The Morgan fingerprint density at radius 1 is 1.50 bits per heavy atom. The number of aliphatic hydroxyl groups excluding tert-OH is 1. The van der Waals surface area contributed by atoms with Gasteiger partial charge in [-0.15, -0.1) is 0 Å². The van der Waals surface area contributed by atoms with Crippen molar-refractivity contribution in [3.05, 3.63) is 35.1 Å². The minimum atomic E-state index is -0.580. The molecule has 1 amide bonds. The van der Waals surface area contributed by atoms with Crippen molar-refractivity contribution in [2.45, 2.75) is 12.8 Å². The van der Waals surface area contributed by atoms with E-state index in [1.165, 1.54) is 12.1 Å². The molecule has 0 aliphatic heterocycles. The summed E-state index contributed by atoms with van der Waals surface area (Å²) in [5.74, 6) is 5.41. The van der Waals surface area contributed by atoms with Crippen LogP contribution in [0.2, 0.25) is 0 Å². The van der Waals surface area contributed by atoms with Crippen molar-refractivity contribution in [2.75, 3.05) is 25.2 Å². The van der Waals surface area contributed by atoms with Crippen LogP contribution < -0.4 is 5.32 Å². The van der Waals surface area contributed by atoms with E-state index in [1.807, 2.05) is 6.26 Å². The number of carbonyl (C=O) groups is 1. The summed E-state index contributed by atoms with van der Waals surface area (Å²) in [5, 5.41) is 11.3. The van der Waals surface area contributed by atoms with E-state index in [9.17, 15) is 9.18 Å². The lowest BCUT2D eigenvalue weighted by molar-refractivity contribution is 0.0950. The van der Waals surface area contributed by atoms with Gasteiger partial charge in [0.05, 0.1) is 12.2 Å². The molecule has 0 fully saturated rings. The second-order valence-electron chi connectivity index (χ2n) is 4.07. The first kappa shape index (κ1) is 16.5. The van der Waals surface area contributed by atoms with Gasteiger partial charge in [-0.3, -0.25) is 4.79 Å². The first-order chi connectivity index (χ1) is 9.69. The van der Waals surface area contributed by atoms with Crippen LogP contribution in [0.1, 0.15) is 28.8 Å². The van der Waals surface area contributed by atoms with Crippen molar-refractivity contribution in [3.8, 4) is 11.8 Å². The van der Waals surface area contributed by atoms with Gasteiger partial charge in [0, 0.05) is 18.5 Å². The van der Waals surface area contributed by atoms with Gasteiger partial charge in [0.15, 0.2) is 0 Å². The maximum absolute atomic E-state index is 13.8. The van der Waals surface area contributed by atoms with Gasteiger partial charge in [-0.1, -0.05) is 11.8 Å². The molecule has 2 N–H and O–H groups in total. The van der Waals surface area contributed by atoms with E-state index < -0.39 is 11.7 Å². The van der Waals surface area contributed by atoms with Crippen molar-refractivity contribution in [2.24, 2.45) is 0 Å². The monoisotopic (exact) mass is 295 g/mol. The lowest BCUT2D eigenvalue weighted by atomic mass is 10.1. The van der Waals surface area contributed by atoms with Crippen LogP contribution in [-0.2, 0) is 0 Å². The third-order valence-electron chi connectivity index (χ3n) is 2.49. The van der Waals surface area contributed by atoms with Crippen molar-refractivity contribution in [1.82, 2.24) is 5.32 Å². The number of rotatable bonds is 6. The molecule has 0 saturated heterocycles. The molecule has 0 aliphatic carbocycles. The number of carbonyl (C=O) groups excluding carboxylic acids is 1. The molecular formula is C15H18FNO2S. The van der Waals surface area contributed by atoms with Gasteiger partial charge in [0.2, 0.25) is 0 Å². The van der Waals surface area contributed by atoms with E-state index in [0.717, 1.165) is 12.2 Å². The van der Waals surface area contributed by atoms with Gasteiger partial charge in [-0.2, -0.15) is 11.8 Å². The third kappa shape index (κ3) is 5.64. The SMILES string of the molecule is CSCCCNC(=O)c1ccc(C#CCCO)cc1F. The molecule has 0 spiro atoms. The zero-order valence-corrected chi connectivity index (χ0v) is 12.2. The molecule has 0 aliphatic rings. The molecule has 0 atom stereocenters. The topological polar surface area (TPSA) is 49.3 Å². The summed E-state index contributed by atoms with van der Waals surface area (Å²) in [4.78, 5) is 11.8. The molecule has 3 nitrogen and oxygen atoms in total. The van der Waals surface area contributed by atoms with E-state index >= 15 is 0 Å². The average molecular weight is 295 g/mol. The molecule has 20 heavy (non-hydrogen) atoms. The lowest BCUT2D eigenvalue weighted by Crippen LogP contribution is -2.25. The second kappa shape index (κ2) is 9.40. The third-order valence-corrected chi connectivity index (χ3v) is 3.19. The highest BCUT2D eigenvalue weighted by atomic mass is 32.2. The van der Waals surface area contributed by atoms with Crippen LogP contribution in [0.3, 0.4) is 0 Å². The summed E-state index contributed by atoms with van der Waals surface area (Å²) in [6, 6.07) is 4.27. The molecule has 5 heteroatoms. The van der Waals surface area contributed by atoms with Crippen LogP contribution in [0.5, 0.6) is 0 Å². The second-order valence-corrected chi connectivity index (χ2v) is 5.06. The Morgan fingerprint density at radius 3 is 2.95 bits per heavy atom. The van der Waals surface area contributed by atoms with Crippen molar-refractivity contribution < 1.29 is 14.3 Å². The van der Waals surface area contributed by atoms with Crippen molar-refractivity contribution in [1.29, 1.82) is 0 Å². The van der Waals surface area contributed by atoms with Gasteiger partial charge in [0.1, 0.15) is 5.82 Å². The minimum absolute atomic E-state index is 0.0218. The molecule has 1 aromatic carbocycles. The highest BCUT2D eigenvalue weighted by Gasteiger charge is 2.11. The highest BCUT2D eigenvalue weighted by molar-refractivity contribution is 7.98.